The number of amides is 1. The Morgan fingerprint density at radius 1 is 1.04 bits per heavy atom. The fraction of sp³-hybridized carbons (Fsp3) is 0.300. The van der Waals surface area contributed by atoms with Crippen LogP contribution >= 0.6 is 0 Å². The first kappa shape index (κ1) is 17.7. The number of hydrogen-bond acceptors (Lipinski definition) is 3. The summed E-state index contributed by atoms with van der Waals surface area (Å²) < 4.78 is 5.61. The van der Waals surface area contributed by atoms with Gasteiger partial charge in [-0.15, -0.1) is 0 Å². The minimum absolute atomic E-state index is 0.0606. The second kappa shape index (κ2) is 7.77. The number of rotatable bonds is 5. The summed E-state index contributed by atoms with van der Waals surface area (Å²) in [5.74, 6) is 0.471. The first-order chi connectivity index (χ1) is 11.4. The van der Waals surface area contributed by atoms with Gasteiger partial charge in [0.05, 0.1) is 6.21 Å². The molecule has 126 valence electrons. The zero-order valence-corrected chi connectivity index (χ0v) is 14.9. The minimum Gasteiger partial charge on any atom is -0.483 e. The second-order valence-corrected chi connectivity index (χ2v) is 6.12. The summed E-state index contributed by atoms with van der Waals surface area (Å²) in [4.78, 5) is 11.9. The van der Waals surface area contributed by atoms with E-state index in [0.29, 0.717) is 0 Å². The Bertz CT molecular complexity index is 736. The van der Waals surface area contributed by atoms with Crippen molar-refractivity contribution in [2.45, 2.75) is 34.6 Å². The largest absolute Gasteiger partial charge is 0.483 e. The summed E-state index contributed by atoms with van der Waals surface area (Å²) in [6, 6.07) is 10.1. The number of nitrogens with one attached hydrogen (secondary N) is 1. The molecule has 1 amide bonds. The Hall–Kier alpha value is -2.62. The van der Waals surface area contributed by atoms with Crippen molar-refractivity contribution < 1.29 is 9.53 Å². The maximum Gasteiger partial charge on any atom is 0.277 e. The van der Waals surface area contributed by atoms with Crippen LogP contribution in [0.5, 0.6) is 5.75 Å². The lowest BCUT2D eigenvalue weighted by atomic mass is 10.0. The molecule has 0 fully saturated rings. The number of para-hydroxylation sites is 1. The van der Waals surface area contributed by atoms with Gasteiger partial charge in [-0.05, 0) is 56.9 Å². The van der Waals surface area contributed by atoms with Gasteiger partial charge in [0.2, 0.25) is 0 Å². The first-order valence-corrected chi connectivity index (χ1v) is 7.97. The molecule has 2 aromatic rings. The molecule has 0 saturated heterocycles. The Morgan fingerprint density at radius 2 is 1.62 bits per heavy atom. The topological polar surface area (TPSA) is 50.7 Å². The van der Waals surface area contributed by atoms with Crippen LogP contribution in [0.2, 0.25) is 0 Å². The minimum atomic E-state index is -0.281. The van der Waals surface area contributed by atoms with Gasteiger partial charge in [-0.2, -0.15) is 5.10 Å². The summed E-state index contributed by atoms with van der Waals surface area (Å²) in [7, 11) is 0. The van der Waals surface area contributed by atoms with Crippen molar-refractivity contribution in [2.24, 2.45) is 5.10 Å². The number of hydrazone groups is 1. The van der Waals surface area contributed by atoms with Crippen molar-refractivity contribution in [1.29, 1.82) is 0 Å². The van der Waals surface area contributed by atoms with Gasteiger partial charge in [0.25, 0.3) is 5.91 Å². The summed E-state index contributed by atoms with van der Waals surface area (Å²) in [5.41, 5.74) is 9.05. The molecule has 0 bridgehead atoms. The lowest BCUT2D eigenvalue weighted by molar-refractivity contribution is -0.123. The number of benzene rings is 2. The van der Waals surface area contributed by atoms with E-state index < -0.39 is 0 Å². The standard InChI is InChI=1S/C20H24N2O2/c1-13-9-16(4)18(17(5)10-13)11-21-22-19(23)12-24-20-14(2)7-6-8-15(20)3/h6-11H,12H2,1-5H3,(H,22,23)/b21-11+. The molecule has 0 unspecified atom stereocenters. The lowest BCUT2D eigenvalue weighted by Gasteiger charge is -2.11. The van der Waals surface area contributed by atoms with E-state index in [1.54, 1.807) is 6.21 Å². The van der Waals surface area contributed by atoms with E-state index in [4.69, 9.17) is 4.74 Å². The van der Waals surface area contributed by atoms with E-state index in [0.717, 1.165) is 33.6 Å². The molecule has 4 nitrogen and oxygen atoms in total. The van der Waals surface area contributed by atoms with Crippen molar-refractivity contribution in [3.63, 3.8) is 0 Å². The van der Waals surface area contributed by atoms with Gasteiger partial charge < -0.3 is 4.74 Å². The molecule has 1 N–H and O–H groups in total. The number of nitrogens with zero attached hydrogens (tertiary/aromatic N) is 1. The molecule has 0 aliphatic rings. The number of ether oxygens (including phenoxy) is 1. The van der Waals surface area contributed by atoms with Crippen molar-refractivity contribution in [3.8, 4) is 5.75 Å². The Morgan fingerprint density at radius 3 is 2.21 bits per heavy atom. The van der Waals surface area contributed by atoms with Gasteiger partial charge in [0.15, 0.2) is 6.61 Å². The van der Waals surface area contributed by atoms with Crippen LogP contribution < -0.4 is 10.2 Å². The van der Waals surface area contributed by atoms with Crippen LogP contribution in [0.4, 0.5) is 0 Å². The quantitative estimate of drug-likeness (QED) is 0.672. The molecule has 24 heavy (non-hydrogen) atoms. The molecule has 0 radical (unpaired) electrons. The van der Waals surface area contributed by atoms with Gasteiger partial charge in [-0.25, -0.2) is 5.43 Å². The molecular formula is C20H24N2O2. The predicted octanol–water partition coefficient (Wildman–Crippen LogP) is 3.76. The SMILES string of the molecule is Cc1cc(C)c(/C=N/NC(=O)COc2c(C)cccc2C)c(C)c1. The molecule has 0 spiro atoms. The van der Waals surface area contributed by atoms with Crippen LogP contribution in [0.15, 0.2) is 35.4 Å². The first-order valence-electron chi connectivity index (χ1n) is 7.97. The van der Waals surface area contributed by atoms with Crippen LogP contribution in [0, 0.1) is 34.6 Å². The number of carbonyl (C=O) groups excluding carboxylic acids is 1. The highest BCUT2D eigenvalue weighted by molar-refractivity contribution is 5.85. The second-order valence-electron chi connectivity index (χ2n) is 6.12. The summed E-state index contributed by atoms with van der Waals surface area (Å²) in [6.07, 6.45) is 1.68. The molecule has 2 aromatic carbocycles. The molecule has 0 aliphatic heterocycles. The number of carbonyl (C=O) groups is 1. The smallest absolute Gasteiger partial charge is 0.277 e. The average molecular weight is 324 g/mol. The third-order valence-corrected chi connectivity index (χ3v) is 3.88. The van der Waals surface area contributed by atoms with Gasteiger partial charge in [-0.3, -0.25) is 4.79 Å². The van der Waals surface area contributed by atoms with Gasteiger partial charge in [-0.1, -0.05) is 35.9 Å². The van der Waals surface area contributed by atoms with E-state index >= 15 is 0 Å². The molecule has 4 heteroatoms. The van der Waals surface area contributed by atoms with E-state index in [1.165, 1.54) is 5.56 Å². The van der Waals surface area contributed by atoms with Crippen LogP contribution in [-0.2, 0) is 4.79 Å². The monoisotopic (exact) mass is 324 g/mol. The molecular weight excluding hydrogens is 300 g/mol. The molecule has 0 atom stereocenters. The molecule has 0 heterocycles. The molecule has 0 aromatic heterocycles. The van der Waals surface area contributed by atoms with Crippen molar-refractivity contribution in [3.05, 3.63) is 63.7 Å². The zero-order chi connectivity index (χ0) is 17.7. The predicted molar refractivity (Wildman–Crippen MR) is 97.8 cm³/mol. The normalized spacial score (nSPS) is 10.9. The van der Waals surface area contributed by atoms with Gasteiger partial charge in [0, 0.05) is 5.56 Å². The third-order valence-electron chi connectivity index (χ3n) is 3.88. The van der Waals surface area contributed by atoms with Gasteiger partial charge in [0.1, 0.15) is 5.75 Å². The van der Waals surface area contributed by atoms with Crippen molar-refractivity contribution in [1.82, 2.24) is 5.43 Å². The summed E-state index contributed by atoms with van der Waals surface area (Å²) in [5, 5.41) is 4.05. The number of hydrogen-bond donors (Lipinski definition) is 1. The van der Waals surface area contributed by atoms with Crippen LogP contribution in [-0.4, -0.2) is 18.7 Å². The Balaban J connectivity index is 1.94. The van der Waals surface area contributed by atoms with E-state index in [1.807, 2.05) is 45.9 Å². The maximum absolute atomic E-state index is 11.9. The van der Waals surface area contributed by atoms with E-state index in [2.05, 4.69) is 29.6 Å². The van der Waals surface area contributed by atoms with E-state index in [9.17, 15) is 4.79 Å². The summed E-state index contributed by atoms with van der Waals surface area (Å²) in [6.45, 7) is 9.99. The molecule has 2 rings (SSSR count). The number of aryl methyl sites for hydroxylation is 5. The van der Waals surface area contributed by atoms with Crippen LogP contribution in [0.3, 0.4) is 0 Å². The Labute approximate surface area is 143 Å². The zero-order valence-electron chi connectivity index (χ0n) is 14.9. The van der Waals surface area contributed by atoms with Crippen LogP contribution in [0.25, 0.3) is 0 Å². The average Bonchev–Trinajstić information content (AvgIpc) is 2.49. The van der Waals surface area contributed by atoms with Crippen molar-refractivity contribution >= 4 is 12.1 Å². The maximum atomic E-state index is 11.9. The molecule has 0 aliphatic carbocycles. The van der Waals surface area contributed by atoms with E-state index in [-0.39, 0.29) is 12.5 Å². The molecule has 0 saturated carbocycles. The lowest BCUT2D eigenvalue weighted by Crippen LogP contribution is -2.25. The fourth-order valence-corrected chi connectivity index (χ4v) is 2.76. The third kappa shape index (κ3) is 4.44. The summed E-state index contributed by atoms with van der Waals surface area (Å²) >= 11 is 0. The highest BCUT2D eigenvalue weighted by atomic mass is 16.5. The van der Waals surface area contributed by atoms with Crippen molar-refractivity contribution in [2.75, 3.05) is 6.61 Å². The Kier molecular flexibility index (Phi) is 5.74. The highest BCUT2D eigenvalue weighted by Gasteiger charge is 2.07. The van der Waals surface area contributed by atoms with Crippen LogP contribution in [0.1, 0.15) is 33.4 Å². The fourth-order valence-electron chi connectivity index (χ4n) is 2.76. The van der Waals surface area contributed by atoms with Gasteiger partial charge >= 0.3 is 0 Å². The highest BCUT2D eigenvalue weighted by Crippen LogP contribution is 2.22.